The molecule has 1 aromatic heterocycles. The first-order valence-electron chi connectivity index (χ1n) is 5.86. The van der Waals surface area contributed by atoms with Gasteiger partial charge in [-0.3, -0.25) is 4.79 Å². The van der Waals surface area contributed by atoms with Crippen molar-refractivity contribution in [2.45, 2.75) is 26.2 Å². The molecule has 2 rings (SSSR count). The van der Waals surface area contributed by atoms with Crippen molar-refractivity contribution < 1.29 is 0 Å². The Balaban J connectivity index is 2.71. The Kier molecular flexibility index (Phi) is 3.83. The lowest BCUT2D eigenvalue weighted by Crippen LogP contribution is -2.22. The molecule has 0 radical (unpaired) electrons. The highest BCUT2D eigenvalue weighted by atomic mass is 79.9. The van der Waals surface area contributed by atoms with Crippen LogP contribution in [0.25, 0.3) is 11.4 Å². The molecule has 0 spiro atoms. The van der Waals surface area contributed by atoms with Gasteiger partial charge in [-0.05, 0) is 28.1 Å². The molecule has 0 saturated carbocycles. The molecule has 0 atom stereocenters. The number of halogens is 2. The van der Waals surface area contributed by atoms with Crippen LogP contribution < -0.4 is 5.56 Å². The van der Waals surface area contributed by atoms with Gasteiger partial charge in [0, 0.05) is 11.0 Å². The number of H-pyrrole nitrogens is 1. The molecule has 0 unspecified atom stereocenters. The molecular formula is C14H14BrClN2O. The first-order chi connectivity index (χ1) is 8.80. The summed E-state index contributed by atoms with van der Waals surface area (Å²) in [5.41, 5.74) is 1.00. The van der Waals surface area contributed by atoms with Crippen molar-refractivity contribution in [1.82, 2.24) is 9.97 Å². The summed E-state index contributed by atoms with van der Waals surface area (Å²) in [4.78, 5) is 19.3. The molecule has 5 heteroatoms. The van der Waals surface area contributed by atoms with Crippen molar-refractivity contribution in [2.24, 2.45) is 0 Å². The number of hydrogen-bond donors (Lipinski definition) is 1. The lowest BCUT2D eigenvalue weighted by Gasteiger charge is -2.19. The van der Waals surface area contributed by atoms with Gasteiger partial charge in [0.15, 0.2) is 0 Å². The van der Waals surface area contributed by atoms with Crippen LogP contribution in [-0.2, 0) is 5.41 Å². The van der Waals surface area contributed by atoms with Crippen molar-refractivity contribution >= 4 is 27.5 Å². The van der Waals surface area contributed by atoms with E-state index < -0.39 is 0 Å². The van der Waals surface area contributed by atoms with Gasteiger partial charge in [-0.25, -0.2) is 4.98 Å². The zero-order valence-electron chi connectivity index (χ0n) is 10.9. The molecule has 0 aliphatic carbocycles. The molecule has 0 fully saturated rings. The van der Waals surface area contributed by atoms with Crippen molar-refractivity contribution in [3.63, 3.8) is 0 Å². The SMILES string of the molecule is CC(C)(C)c1nc(-c2ccccc2Cl)[nH]c(=O)c1Br. The quantitative estimate of drug-likeness (QED) is 0.847. The Morgan fingerprint density at radius 3 is 2.47 bits per heavy atom. The summed E-state index contributed by atoms with van der Waals surface area (Å²) in [6.07, 6.45) is 0. The predicted molar refractivity (Wildman–Crippen MR) is 81.7 cm³/mol. The van der Waals surface area contributed by atoms with Crippen molar-refractivity contribution in [3.8, 4) is 11.4 Å². The highest BCUT2D eigenvalue weighted by Gasteiger charge is 2.22. The monoisotopic (exact) mass is 340 g/mol. The molecule has 100 valence electrons. The van der Waals surface area contributed by atoms with Crippen LogP contribution in [0.15, 0.2) is 33.5 Å². The van der Waals surface area contributed by atoms with E-state index in [1.807, 2.05) is 39.0 Å². The van der Waals surface area contributed by atoms with E-state index >= 15 is 0 Å². The van der Waals surface area contributed by atoms with Crippen LogP contribution in [0.4, 0.5) is 0 Å². The number of nitrogens with one attached hydrogen (secondary N) is 1. The van der Waals surface area contributed by atoms with Crippen LogP contribution in [0, 0.1) is 0 Å². The van der Waals surface area contributed by atoms with E-state index in [4.69, 9.17) is 11.6 Å². The summed E-state index contributed by atoms with van der Waals surface area (Å²) in [7, 11) is 0. The molecule has 3 nitrogen and oxygen atoms in total. The van der Waals surface area contributed by atoms with Crippen LogP contribution >= 0.6 is 27.5 Å². The lowest BCUT2D eigenvalue weighted by molar-refractivity contribution is 0.562. The predicted octanol–water partition coefficient (Wildman–Crippen LogP) is 4.15. The van der Waals surface area contributed by atoms with Gasteiger partial charge < -0.3 is 4.98 Å². The molecular weight excluding hydrogens is 328 g/mol. The zero-order valence-corrected chi connectivity index (χ0v) is 13.3. The van der Waals surface area contributed by atoms with Gasteiger partial charge in [-0.15, -0.1) is 0 Å². The van der Waals surface area contributed by atoms with Crippen LogP contribution in [-0.4, -0.2) is 9.97 Å². The topological polar surface area (TPSA) is 45.8 Å². The summed E-state index contributed by atoms with van der Waals surface area (Å²) >= 11 is 9.45. The van der Waals surface area contributed by atoms with Gasteiger partial charge in [-0.1, -0.05) is 44.5 Å². The third kappa shape index (κ3) is 2.90. The molecule has 1 aromatic carbocycles. The van der Waals surface area contributed by atoms with Crippen molar-refractivity contribution in [1.29, 1.82) is 0 Å². The minimum absolute atomic E-state index is 0.199. The van der Waals surface area contributed by atoms with E-state index in [0.29, 0.717) is 21.0 Å². The number of aromatic nitrogens is 2. The lowest BCUT2D eigenvalue weighted by atomic mass is 9.92. The Morgan fingerprint density at radius 2 is 1.89 bits per heavy atom. The van der Waals surface area contributed by atoms with E-state index in [-0.39, 0.29) is 11.0 Å². The maximum Gasteiger partial charge on any atom is 0.265 e. The average molecular weight is 342 g/mol. The molecule has 1 N–H and O–H groups in total. The van der Waals surface area contributed by atoms with E-state index in [9.17, 15) is 4.79 Å². The van der Waals surface area contributed by atoms with Crippen LogP contribution in [0.1, 0.15) is 26.5 Å². The molecule has 0 saturated heterocycles. The molecule has 19 heavy (non-hydrogen) atoms. The second-order valence-corrected chi connectivity index (χ2v) is 6.51. The number of nitrogens with zero attached hydrogens (tertiary/aromatic N) is 1. The molecule has 1 heterocycles. The van der Waals surface area contributed by atoms with Crippen molar-refractivity contribution in [3.05, 3.63) is 49.8 Å². The Morgan fingerprint density at radius 1 is 1.26 bits per heavy atom. The smallest absolute Gasteiger partial charge is 0.265 e. The summed E-state index contributed by atoms with van der Waals surface area (Å²) in [5, 5.41) is 0.563. The van der Waals surface area contributed by atoms with E-state index in [2.05, 4.69) is 25.9 Å². The normalized spacial score (nSPS) is 11.6. The fourth-order valence-electron chi connectivity index (χ4n) is 1.74. The number of benzene rings is 1. The highest BCUT2D eigenvalue weighted by Crippen LogP contribution is 2.29. The van der Waals surface area contributed by atoms with Gasteiger partial charge in [0.25, 0.3) is 5.56 Å². The standard InChI is InChI=1S/C14H14BrClN2O/c1-14(2,3)11-10(15)13(19)18-12(17-11)8-6-4-5-7-9(8)16/h4-7H,1-3H3,(H,17,18,19). The fraction of sp³-hybridized carbons (Fsp3) is 0.286. The third-order valence-corrected chi connectivity index (χ3v) is 3.77. The van der Waals surface area contributed by atoms with Crippen LogP contribution in [0.2, 0.25) is 5.02 Å². The molecule has 0 aliphatic rings. The second kappa shape index (κ2) is 5.10. The Hall–Kier alpha value is -1.13. The van der Waals surface area contributed by atoms with Gasteiger partial charge >= 0.3 is 0 Å². The summed E-state index contributed by atoms with van der Waals surface area (Å²) in [5.74, 6) is 0.490. The van der Waals surface area contributed by atoms with Gasteiger partial charge in [0.05, 0.1) is 10.7 Å². The number of rotatable bonds is 1. The third-order valence-electron chi connectivity index (χ3n) is 2.70. The van der Waals surface area contributed by atoms with Gasteiger partial charge in [0.2, 0.25) is 0 Å². The molecule has 0 aliphatic heterocycles. The van der Waals surface area contributed by atoms with Gasteiger partial charge in [-0.2, -0.15) is 0 Å². The number of hydrogen-bond acceptors (Lipinski definition) is 2. The average Bonchev–Trinajstić information content (AvgIpc) is 2.31. The molecule has 0 bridgehead atoms. The maximum absolute atomic E-state index is 12.0. The van der Waals surface area contributed by atoms with Gasteiger partial charge in [0.1, 0.15) is 10.3 Å². The summed E-state index contributed by atoms with van der Waals surface area (Å²) in [6.45, 7) is 6.03. The first-order valence-corrected chi connectivity index (χ1v) is 7.03. The van der Waals surface area contributed by atoms with Crippen LogP contribution in [0.5, 0.6) is 0 Å². The molecule has 0 amide bonds. The zero-order chi connectivity index (χ0) is 14.2. The van der Waals surface area contributed by atoms with Crippen molar-refractivity contribution in [2.75, 3.05) is 0 Å². The molecule has 2 aromatic rings. The minimum Gasteiger partial charge on any atom is -0.305 e. The first kappa shape index (κ1) is 14.3. The fourth-order valence-corrected chi connectivity index (χ4v) is 2.74. The van der Waals surface area contributed by atoms with E-state index in [1.54, 1.807) is 6.07 Å². The number of aromatic amines is 1. The Bertz CT molecular complexity index is 674. The van der Waals surface area contributed by atoms with E-state index in [0.717, 1.165) is 5.56 Å². The highest BCUT2D eigenvalue weighted by molar-refractivity contribution is 9.10. The Labute approximate surface area is 125 Å². The second-order valence-electron chi connectivity index (χ2n) is 5.31. The largest absolute Gasteiger partial charge is 0.305 e. The summed E-state index contributed by atoms with van der Waals surface area (Å²) in [6, 6.07) is 7.31. The minimum atomic E-state index is -0.233. The van der Waals surface area contributed by atoms with E-state index in [1.165, 1.54) is 0 Å². The maximum atomic E-state index is 12.0. The van der Waals surface area contributed by atoms with Crippen LogP contribution in [0.3, 0.4) is 0 Å². The summed E-state index contributed by atoms with van der Waals surface area (Å²) < 4.78 is 0.468.